The molecule has 1 aliphatic rings. The summed E-state index contributed by atoms with van der Waals surface area (Å²) in [7, 11) is 0. The van der Waals surface area contributed by atoms with Gasteiger partial charge in [-0.2, -0.15) is 4.98 Å². The lowest BCUT2D eigenvalue weighted by Crippen LogP contribution is -2.34. The first-order valence-corrected chi connectivity index (χ1v) is 5.25. The third-order valence-electron chi connectivity index (χ3n) is 2.79. The van der Waals surface area contributed by atoms with Gasteiger partial charge in [-0.05, 0) is 18.8 Å². The van der Waals surface area contributed by atoms with E-state index in [0.717, 1.165) is 18.8 Å². The minimum atomic E-state index is -0.610. The maximum Gasteiger partial charge on any atom is 0.254 e. The molecule has 0 aromatic carbocycles. The van der Waals surface area contributed by atoms with Crippen LogP contribution in [0.15, 0.2) is 6.20 Å². The van der Waals surface area contributed by atoms with E-state index in [4.69, 9.17) is 11.5 Å². The summed E-state index contributed by atoms with van der Waals surface area (Å²) < 4.78 is 0. The van der Waals surface area contributed by atoms with Crippen molar-refractivity contribution < 1.29 is 4.79 Å². The van der Waals surface area contributed by atoms with Gasteiger partial charge >= 0.3 is 0 Å². The van der Waals surface area contributed by atoms with E-state index in [0.29, 0.717) is 12.0 Å². The molecule has 0 atom stereocenters. The molecule has 86 valence electrons. The topological polar surface area (TPSA) is 107 Å². The van der Waals surface area contributed by atoms with E-state index in [2.05, 4.69) is 22.2 Å². The predicted octanol–water partition coefficient (Wildman–Crippen LogP) is 0.368. The molecule has 6 nitrogen and oxygen atoms in total. The van der Waals surface area contributed by atoms with Crippen LogP contribution >= 0.6 is 0 Å². The van der Waals surface area contributed by atoms with E-state index in [1.807, 2.05) is 0 Å². The van der Waals surface area contributed by atoms with Crippen molar-refractivity contribution in [2.24, 2.45) is 11.7 Å². The molecule has 2 rings (SSSR count). The zero-order valence-electron chi connectivity index (χ0n) is 9.10. The first kappa shape index (κ1) is 10.7. The van der Waals surface area contributed by atoms with Gasteiger partial charge in [-0.3, -0.25) is 4.79 Å². The third kappa shape index (κ3) is 2.05. The highest BCUT2D eigenvalue weighted by Gasteiger charge is 2.25. The molecule has 0 saturated heterocycles. The van der Waals surface area contributed by atoms with Crippen molar-refractivity contribution in [1.82, 2.24) is 9.97 Å². The zero-order valence-corrected chi connectivity index (χ0v) is 9.10. The SMILES string of the molecule is CC1CC(Nc2ncc(C(N)=O)c(N)n2)C1. The minimum Gasteiger partial charge on any atom is -0.383 e. The largest absolute Gasteiger partial charge is 0.383 e. The van der Waals surface area contributed by atoms with Crippen molar-refractivity contribution in [2.75, 3.05) is 11.1 Å². The number of nitrogen functional groups attached to an aromatic ring is 1. The van der Waals surface area contributed by atoms with Crippen LogP contribution in [0.1, 0.15) is 30.1 Å². The maximum absolute atomic E-state index is 10.9. The summed E-state index contributed by atoms with van der Waals surface area (Å²) in [5, 5.41) is 3.16. The van der Waals surface area contributed by atoms with Gasteiger partial charge in [0, 0.05) is 12.2 Å². The van der Waals surface area contributed by atoms with Gasteiger partial charge in [0.15, 0.2) is 0 Å². The van der Waals surface area contributed by atoms with E-state index in [1.165, 1.54) is 6.20 Å². The van der Waals surface area contributed by atoms with Gasteiger partial charge in [-0.1, -0.05) is 6.92 Å². The van der Waals surface area contributed by atoms with Crippen molar-refractivity contribution in [2.45, 2.75) is 25.8 Å². The molecule has 1 amide bonds. The second-order valence-electron chi connectivity index (χ2n) is 4.27. The number of rotatable bonds is 3. The maximum atomic E-state index is 10.9. The highest BCUT2D eigenvalue weighted by molar-refractivity contribution is 5.96. The molecule has 0 aliphatic heterocycles. The molecule has 1 aromatic heterocycles. The van der Waals surface area contributed by atoms with Gasteiger partial charge in [0.2, 0.25) is 5.95 Å². The summed E-state index contributed by atoms with van der Waals surface area (Å²) in [4.78, 5) is 18.9. The van der Waals surface area contributed by atoms with Crippen LogP contribution in [0.3, 0.4) is 0 Å². The number of hydrogen-bond acceptors (Lipinski definition) is 5. The number of nitrogens with two attached hydrogens (primary N) is 2. The first-order chi connectivity index (χ1) is 7.56. The van der Waals surface area contributed by atoms with Crippen molar-refractivity contribution in [1.29, 1.82) is 0 Å². The number of nitrogens with one attached hydrogen (secondary N) is 1. The minimum absolute atomic E-state index is 0.123. The number of carbonyl (C=O) groups is 1. The lowest BCUT2D eigenvalue weighted by Gasteiger charge is -2.33. The van der Waals surface area contributed by atoms with Crippen LogP contribution in [0.25, 0.3) is 0 Å². The molecule has 0 bridgehead atoms. The fraction of sp³-hybridized carbons (Fsp3) is 0.500. The van der Waals surface area contributed by atoms with Crippen molar-refractivity contribution >= 4 is 17.7 Å². The highest BCUT2D eigenvalue weighted by atomic mass is 16.1. The van der Waals surface area contributed by atoms with Crippen molar-refractivity contribution in [3.05, 3.63) is 11.8 Å². The second kappa shape index (κ2) is 3.96. The van der Waals surface area contributed by atoms with Gasteiger partial charge in [0.1, 0.15) is 5.82 Å². The Bertz CT molecular complexity index is 414. The van der Waals surface area contributed by atoms with Crippen LogP contribution < -0.4 is 16.8 Å². The standard InChI is InChI=1S/C10H15N5O/c1-5-2-6(3-5)14-10-13-4-7(9(12)16)8(11)15-10/h4-6H,2-3H2,1H3,(H2,12,16)(H3,11,13,14,15). The quantitative estimate of drug-likeness (QED) is 0.683. The normalized spacial score (nSPS) is 23.6. The molecule has 1 saturated carbocycles. The Kier molecular flexibility index (Phi) is 2.64. The Labute approximate surface area is 93.4 Å². The third-order valence-corrected chi connectivity index (χ3v) is 2.79. The fourth-order valence-electron chi connectivity index (χ4n) is 1.86. The molecule has 1 fully saturated rings. The highest BCUT2D eigenvalue weighted by Crippen LogP contribution is 2.28. The summed E-state index contributed by atoms with van der Waals surface area (Å²) in [5.74, 6) is 0.720. The number of amides is 1. The van der Waals surface area contributed by atoms with E-state index in [-0.39, 0.29) is 11.4 Å². The number of aromatic nitrogens is 2. The Balaban J connectivity index is 2.06. The Hall–Kier alpha value is -1.85. The number of hydrogen-bond donors (Lipinski definition) is 3. The van der Waals surface area contributed by atoms with Gasteiger partial charge in [-0.25, -0.2) is 4.98 Å². The molecule has 5 N–H and O–H groups in total. The fourth-order valence-corrected chi connectivity index (χ4v) is 1.86. The number of anilines is 2. The smallest absolute Gasteiger partial charge is 0.254 e. The number of primary amides is 1. The summed E-state index contributed by atoms with van der Waals surface area (Å²) in [6, 6.07) is 0.411. The van der Waals surface area contributed by atoms with Crippen LogP contribution in [-0.4, -0.2) is 21.9 Å². The lowest BCUT2D eigenvalue weighted by molar-refractivity contribution is 0.100. The van der Waals surface area contributed by atoms with Crippen LogP contribution in [0, 0.1) is 5.92 Å². The number of carbonyl (C=O) groups excluding carboxylic acids is 1. The molecule has 1 heterocycles. The van der Waals surface area contributed by atoms with E-state index >= 15 is 0 Å². The Morgan fingerprint density at radius 1 is 1.56 bits per heavy atom. The molecule has 0 radical (unpaired) electrons. The monoisotopic (exact) mass is 221 g/mol. The second-order valence-corrected chi connectivity index (χ2v) is 4.27. The van der Waals surface area contributed by atoms with E-state index < -0.39 is 5.91 Å². The van der Waals surface area contributed by atoms with Gasteiger partial charge < -0.3 is 16.8 Å². The molecule has 0 spiro atoms. The average molecular weight is 221 g/mol. The van der Waals surface area contributed by atoms with Crippen LogP contribution in [-0.2, 0) is 0 Å². The molecular weight excluding hydrogens is 206 g/mol. The van der Waals surface area contributed by atoms with Crippen molar-refractivity contribution in [3.63, 3.8) is 0 Å². The molecule has 1 aromatic rings. The molecule has 1 aliphatic carbocycles. The summed E-state index contributed by atoms with van der Waals surface area (Å²) in [6.07, 6.45) is 3.58. The van der Waals surface area contributed by atoms with Gasteiger partial charge in [-0.15, -0.1) is 0 Å². The summed E-state index contributed by atoms with van der Waals surface area (Å²) >= 11 is 0. The van der Waals surface area contributed by atoms with Crippen molar-refractivity contribution in [3.8, 4) is 0 Å². The van der Waals surface area contributed by atoms with Crippen LogP contribution in [0.4, 0.5) is 11.8 Å². The molecule has 6 heteroatoms. The van der Waals surface area contributed by atoms with E-state index in [1.54, 1.807) is 0 Å². The van der Waals surface area contributed by atoms with E-state index in [9.17, 15) is 4.79 Å². The number of nitrogens with zero attached hydrogens (tertiary/aromatic N) is 2. The predicted molar refractivity (Wildman–Crippen MR) is 60.8 cm³/mol. The zero-order chi connectivity index (χ0) is 11.7. The summed E-state index contributed by atoms with van der Waals surface area (Å²) in [6.45, 7) is 2.20. The summed E-state index contributed by atoms with van der Waals surface area (Å²) in [5.41, 5.74) is 10.9. The Morgan fingerprint density at radius 2 is 2.25 bits per heavy atom. The molecule has 16 heavy (non-hydrogen) atoms. The van der Waals surface area contributed by atoms with Gasteiger partial charge in [0.25, 0.3) is 5.91 Å². The van der Waals surface area contributed by atoms with Crippen LogP contribution in [0.5, 0.6) is 0 Å². The van der Waals surface area contributed by atoms with Crippen LogP contribution in [0.2, 0.25) is 0 Å². The first-order valence-electron chi connectivity index (χ1n) is 5.25. The lowest BCUT2D eigenvalue weighted by atomic mass is 9.82. The van der Waals surface area contributed by atoms with Gasteiger partial charge in [0.05, 0.1) is 5.56 Å². The molecule has 0 unspecified atom stereocenters. The molecular formula is C10H15N5O. The Morgan fingerprint density at radius 3 is 2.75 bits per heavy atom. The average Bonchev–Trinajstić information content (AvgIpc) is 2.15.